The zero-order chi connectivity index (χ0) is 14.0. The molecule has 3 nitrogen and oxygen atoms in total. The first-order chi connectivity index (χ1) is 8.95. The molecule has 1 aromatic rings. The minimum absolute atomic E-state index is 0.216. The van der Waals surface area contributed by atoms with E-state index in [2.05, 4.69) is 50.8 Å². The van der Waals surface area contributed by atoms with Crippen LogP contribution >= 0.6 is 0 Å². The minimum Gasteiger partial charge on any atom is -0.372 e. The fourth-order valence-corrected chi connectivity index (χ4v) is 2.84. The van der Waals surface area contributed by atoms with Crippen molar-refractivity contribution in [3.8, 4) is 0 Å². The number of rotatable bonds is 3. The van der Waals surface area contributed by atoms with Gasteiger partial charge >= 0.3 is 0 Å². The number of aryl methyl sites for hydroxylation is 1. The lowest BCUT2D eigenvalue weighted by molar-refractivity contribution is -0.00522. The predicted octanol–water partition coefficient (Wildman–Crippen LogP) is 2.50. The zero-order valence-corrected chi connectivity index (χ0v) is 12.5. The molecule has 2 rings (SSSR count). The van der Waals surface area contributed by atoms with Gasteiger partial charge in [-0.1, -0.05) is 6.07 Å². The summed E-state index contributed by atoms with van der Waals surface area (Å²) < 4.78 is 5.79. The van der Waals surface area contributed by atoms with Gasteiger partial charge in [0.05, 0.1) is 12.2 Å². The Labute approximate surface area is 116 Å². The second-order valence-corrected chi connectivity index (χ2v) is 5.95. The molecule has 1 aromatic carbocycles. The van der Waals surface area contributed by atoms with Crippen LogP contribution in [0.25, 0.3) is 0 Å². The van der Waals surface area contributed by atoms with E-state index in [-0.39, 0.29) is 6.04 Å². The van der Waals surface area contributed by atoms with Gasteiger partial charge in [-0.25, -0.2) is 0 Å². The van der Waals surface area contributed by atoms with Crippen LogP contribution < -0.4 is 10.6 Å². The second-order valence-electron chi connectivity index (χ2n) is 5.95. The van der Waals surface area contributed by atoms with Crippen LogP contribution in [0.3, 0.4) is 0 Å². The lowest BCUT2D eigenvalue weighted by Gasteiger charge is -2.37. The lowest BCUT2D eigenvalue weighted by atomic mass is 10.0. The molecule has 0 spiro atoms. The monoisotopic (exact) mass is 262 g/mol. The second kappa shape index (κ2) is 5.93. The molecule has 0 saturated carbocycles. The molecule has 0 aromatic heterocycles. The van der Waals surface area contributed by atoms with Crippen LogP contribution in [0.2, 0.25) is 0 Å². The molecule has 19 heavy (non-hydrogen) atoms. The molecular weight excluding hydrogens is 236 g/mol. The Hall–Kier alpha value is -1.06. The molecule has 0 bridgehead atoms. The number of morpholine rings is 1. The van der Waals surface area contributed by atoms with Crippen molar-refractivity contribution in [1.82, 2.24) is 0 Å². The Morgan fingerprint density at radius 2 is 1.95 bits per heavy atom. The maximum absolute atomic E-state index is 5.88. The number of anilines is 1. The molecule has 1 saturated heterocycles. The Bertz CT molecular complexity index is 421. The van der Waals surface area contributed by atoms with Crippen molar-refractivity contribution in [2.75, 3.05) is 18.0 Å². The molecule has 3 atom stereocenters. The number of hydrogen-bond donors (Lipinski definition) is 1. The highest BCUT2D eigenvalue weighted by Gasteiger charge is 2.22. The van der Waals surface area contributed by atoms with Gasteiger partial charge in [-0.05, 0) is 57.4 Å². The molecule has 1 aliphatic rings. The van der Waals surface area contributed by atoms with E-state index in [0.29, 0.717) is 12.2 Å². The van der Waals surface area contributed by atoms with Crippen LogP contribution in [-0.4, -0.2) is 31.3 Å². The molecule has 3 heteroatoms. The van der Waals surface area contributed by atoms with Crippen molar-refractivity contribution >= 4 is 5.69 Å². The van der Waals surface area contributed by atoms with Gasteiger partial charge in [0, 0.05) is 24.8 Å². The first-order valence-corrected chi connectivity index (χ1v) is 7.21. The van der Waals surface area contributed by atoms with E-state index in [1.807, 2.05) is 0 Å². The van der Waals surface area contributed by atoms with E-state index in [0.717, 1.165) is 19.5 Å². The number of nitrogens with zero attached hydrogens (tertiary/aromatic N) is 1. The van der Waals surface area contributed by atoms with Crippen molar-refractivity contribution in [2.45, 2.75) is 52.4 Å². The molecule has 1 unspecified atom stereocenters. The van der Waals surface area contributed by atoms with E-state index in [1.165, 1.54) is 16.8 Å². The van der Waals surface area contributed by atoms with Gasteiger partial charge in [-0.15, -0.1) is 0 Å². The first kappa shape index (κ1) is 14.4. The molecular formula is C16H26N2O. The van der Waals surface area contributed by atoms with Gasteiger partial charge in [-0.3, -0.25) is 0 Å². The topological polar surface area (TPSA) is 38.5 Å². The Kier molecular flexibility index (Phi) is 4.48. The van der Waals surface area contributed by atoms with Gasteiger partial charge in [0.2, 0.25) is 0 Å². The van der Waals surface area contributed by atoms with Gasteiger partial charge < -0.3 is 15.4 Å². The van der Waals surface area contributed by atoms with Crippen LogP contribution in [0.5, 0.6) is 0 Å². The van der Waals surface area contributed by atoms with E-state index in [1.54, 1.807) is 0 Å². The van der Waals surface area contributed by atoms with Crippen LogP contribution in [-0.2, 0) is 11.2 Å². The smallest absolute Gasteiger partial charge is 0.0726 e. The van der Waals surface area contributed by atoms with Crippen LogP contribution in [0, 0.1) is 6.92 Å². The Balaban J connectivity index is 2.15. The van der Waals surface area contributed by atoms with Gasteiger partial charge in [0.1, 0.15) is 0 Å². The third-order valence-corrected chi connectivity index (χ3v) is 3.65. The summed E-state index contributed by atoms with van der Waals surface area (Å²) in [5.74, 6) is 0. The fourth-order valence-electron chi connectivity index (χ4n) is 2.84. The Morgan fingerprint density at radius 1 is 1.32 bits per heavy atom. The van der Waals surface area contributed by atoms with Crippen LogP contribution in [0.4, 0.5) is 5.69 Å². The molecule has 0 radical (unpaired) electrons. The maximum Gasteiger partial charge on any atom is 0.0726 e. The highest BCUT2D eigenvalue weighted by molar-refractivity contribution is 5.51. The average Bonchev–Trinajstić information content (AvgIpc) is 2.30. The summed E-state index contributed by atoms with van der Waals surface area (Å²) in [7, 11) is 0. The fraction of sp³-hybridized carbons (Fsp3) is 0.625. The molecule has 2 N–H and O–H groups in total. The largest absolute Gasteiger partial charge is 0.372 e. The van der Waals surface area contributed by atoms with E-state index >= 15 is 0 Å². The van der Waals surface area contributed by atoms with Crippen molar-refractivity contribution in [2.24, 2.45) is 5.73 Å². The molecule has 106 valence electrons. The van der Waals surface area contributed by atoms with Crippen molar-refractivity contribution in [1.29, 1.82) is 0 Å². The summed E-state index contributed by atoms with van der Waals surface area (Å²) in [4.78, 5) is 2.42. The zero-order valence-electron chi connectivity index (χ0n) is 12.5. The van der Waals surface area contributed by atoms with E-state index < -0.39 is 0 Å². The first-order valence-electron chi connectivity index (χ1n) is 7.21. The molecule has 1 heterocycles. The molecule has 0 aliphatic carbocycles. The summed E-state index contributed by atoms with van der Waals surface area (Å²) in [6.45, 7) is 10.4. The summed E-state index contributed by atoms with van der Waals surface area (Å²) >= 11 is 0. The van der Waals surface area contributed by atoms with Gasteiger partial charge in [0.25, 0.3) is 0 Å². The maximum atomic E-state index is 5.88. The van der Waals surface area contributed by atoms with Crippen molar-refractivity contribution in [3.05, 3.63) is 29.3 Å². The number of ether oxygens (including phenoxy) is 1. The number of nitrogens with two attached hydrogens (primary N) is 1. The summed E-state index contributed by atoms with van der Waals surface area (Å²) in [6, 6.07) is 6.93. The Morgan fingerprint density at radius 3 is 2.47 bits per heavy atom. The molecule has 0 amide bonds. The minimum atomic E-state index is 0.216. The van der Waals surface area contributed by atoms with Crippen LogP contribution in [0.1, 0.15) is 31.9 Å². The van der Waals surface area contributed by atoms with E-state index in [4.69, 9.17) is 10.5 Å². The number of hydrogen-bond acceptors (Lipinski definition) is 3. The van der Waals surface area contributed by atoms with E-state index in [9.17, 15) is 0 Å². The lowest BCUT2D eigenvalue weighted by Crippen LogP contribution is -2.45. The van der Waals surface area contributed by atoms with Gasteiger partial charge in [0.15, 0.2) is 0 Å². The van der Waals surface area contributed by atoms with Crippen molar-refractivity contribution in [3.63, 3.8) is 0 Å². The standard InChI is InChI=1S/C16H26N2O/c1-11-7-16(6-5-15(11)8-12(2)17)18-9-13(3)19-14(4)10-18/h5-7,12-14H,8-10,17H2,1-4H3/t12?,13-,14+. The third kappa shape index (κ3) is 3.71. The molecule has 1 aliphatic heterocycles. The SMILES string of the molecule is Cc1cc(N2C[C@@H](C)O[C@@H](C)C2)ccc1CC(C)N. The van der Waals surface area contributed by atoms with Crippen molar-refractivity contribution < 1.29 is 4.74 Å². The summed E-state index contributed by atoms with van der Waals surface area (Å²) in [6.07, 6.45) is 1.54. The highest BCUT2D eigenvalue weighted by atomic mass is 16.5. The predicted molar refractivity (Wildman–Crippen MR) is 80.8 cm³/mol. The normalized spacial score (nSPS) is 25.4. The average molecular weight is 262 g/mol. The highest BCUT2D eigenvalue weighted by Crippen LogP contribution is 2.23. The third-order valence-electron chi connectivity index (χ3n) is 3.65. The quantitative estimate of drug-likeness (QED) is 0.909. The number of benzene rings is 1. The van der Waals surface area contributed by atoms with Gasteiger partial charge in [-0.2, -0.15) is 0 Å². The summed E-state index contributed by atoms with van der Waals surface area (Å²) in [5, 5.41) is 0. The van der Waals surface area contributed by atoms with Crippen LogP contribution in [0.15, 0.2) is 18.2 Å². The summed E-state index contributed by atoms with van der Waals surface area (Å²) in [5.41, 5.74) is 9.87. The molecule has 1 fully saturated rings.